The van der Waals surface area contributed by atoms with Crippen molar-refractivity contribution in [2.75, 3.05) is 0 Å². The summed E-state index contributed by atoms with van der Waals surface area (Å²) in [4.78, 5) is 4.05. The van der Waals surface area contributed by atoms with Gasteiger partial charge in [-0.15, -0.1) is 0 Å². The third-order valence-electron chi connectivity index (χ3n) is 4.93. The summed E-state index contributed by atoms with van der Waals surface area (Å²) in [5, 5.41) is 17.7. The molecule has 0 amide bonds. The quantitative estimate of drug-likeness (QED) is 0.491. The summed E-state index contributed by atoms with van der Waals surface area (Å²) < 4.78 is 57.4. The molecule has 0 saturated heterocycles. The third-order valence-corrected chi connectivity index (χ3v) is 4.93. The molecule has 0 spiro atoms. The van der Waals surface area contributed by atoms with Crippen molar-refractivity contribution >= 4 is 0 Å². The second-order valence-electron chi connectivity index (χ2n) is 6.95. The van der Waals surface area contributed by atoms with Gasteiger partial charge >= 0.3 is 6.18 Å². The monoisotopic (exact) mass is 429 g/mol. The molecule has 10 heteroatoms. The van der Waals surface area contributed by atoms with Crippen molar-refractivity contribution in [1.82, 2.24) is 15.3 Å². The van der Waals surface area contributed by atoms with Crippen molar-refractivity contribution in [2.45, 2.75) is 24.8 Å². The van der Waals surface area contributed by atoms with E-state index in [4.69, 9.17) is 13.8 Å². The SMILES string of the molecule is OC1CC(c2noc(-c3onc(-c4ccccc4)c3C(F)(F)F)n2)Oc2ccccc21. The molecule has 0 bridgehead atoms. The van der Waals surface area contributed by atoms with Crippen molar-refractivity contribution in [3.63, 3.8) is 0 Å². The number of fused-ring (bicyclic) bond motifs is 1. The van der Waals surface area contributed by atoms with Crippen LogP contribution in [0.4, 0.5) is 13.2 Å². The molecule has 7 nitrogen and oxygen atoms in total. The van der Waals surface area contributed by atoms with E-state index in [9.17, 15) is 18.3 Å². The molecule has 3 heterocycles. The van der Waals surface area contributed by atoms with Gasteiger partial charge in [0.15, 0.2) is 6.10 Å². The number of nitrogens with zero attached hydrogens (tertiary/aromatic N) is 3. The first-order chi connectivity index (χ1) is 14.9. The Kier molecular flexibility index (Phi) is 4.51. The molecular weight excluding hydrogens is 415 g/mol. The van der Waals surface area contributed by atoms with Crippen LogP contribution in [0.25, 0.3) is 22.9 Å². The molecule has 1 aliphatic heterocycles. The van der Waals surface area contributed by atoms with E-state index in [0.29, 0.717) is 11.3 Å². The topological polar surface area (TPSA) is 94.4 Å². The van der Waals surface area contributed by atoms with E-state index in [1.165, 1.54) is 12.1 Å². The maximum Gasteiger partial charge on any atom is 0.422 e. The van der Waals surface area contributed by atoms with Crippen LogP contribution >= 0.6 is 0 Å². The first-order valence-electron chi connectivity index (χ1n) is 9.31. The van der Waals surface area contributed by atoms with E-state index >= 15 is 0 Å². The number of ether oxygens (including phenoxy) is 1. The maximum absolute atomic E-state index is 13.8. The van der Waals surface area contributed by atoms with E-state index < -0.39 is 35.6 Å². The smallest absolute Gasteiger partial charge is 0.422 e. The number of halogens is 3. The lowest BCUT2D eigenvalue weighted by Gasteiger charge is -2.27. The normalized spacial score (nSPS) is 18.5. The predicted molar refractivity (Wildman–Crippen MR) is 99.6 cm³/mol. The van der Waals surface area contributed by atoms with Crippen LogP contribution in [0.2, 0.25) is 0 Å². The average Bonchev–Trinajstić information content (AvgIpc) is 3.41. The number of para-hydroxylation sites is 1. The largest absolute Gasteiger partial charge is 0.482 e. The number of hydrogen-bond acceptors (Lipinski definition) is 7. The number of aliphatic hydroxyl groups excluding tert-OH is 1. The summed E-state index contributed by atoms with van der Waals surface area (Å²) in [5.74, 6) is -0.718. The van der Waals surface area contributed by atoms with Crippen LogP contribution in [0.1, 0.15) is 35.6 Å². The molecule has 158 valence electrons. The van der Waals surface area contributed by atoms with Gasteiger partial charge < -0.3 is 18.9 Å². The summed E-state index contributed by atoms with van der Waals surface area (Å²) in [6, 6.07) is 14.8. The van der Waals surface area contributed by atoms with Crippen LogP contribution in [-0.4, -0.2) is 20.4 Å². The Bertz CT molecular complexity index is 1220. The lowest BCUT2D eigenvalue weighted by atomic mass is 9.99. The number of hydrogen-bond donors (Lipinski definition) is 1. The zero-order valence-electron chi connectivity index (χ0n) is 15.7. The van der Waals surface area contributed by atoms with Crippen molar-refractivity contribution in [3.05, 3.63) is 71.5 Å². The summed E-state index contributed by atoms with van der Waals surface area (Å²) in [7, 11) is 0. The predicted octanol–water partition coefficient (Wildman–Crippen LogP) is 4.97. The first-order valence-corrected chi connectivity index (χ1v) is 9.31. The second-order valence-corrected chi connectivity index (χ2v) is 6.95. The number of aromatic nitrogens is 3. The van der Waals surface area contributed by atoms with E-state index in [1.54, 1.807) is 42.5 Å². The van der Waals surface area contributed by atoms with Gasteiger partial charge in [-0.05, 0) is 6.07 Å². The summed E-state index contributed by atoms with van der Waals surface area (Å²) in [6.45, 7) is 0. The van der Waals surface area contributed by atoms with Gasteiger partial charge in [0.25, 0.3) is 5.89 Å². The molecule has 2 atom stereocenters. The van der Waals surface area contributed by atoms with Gasteiger partial charge in [-0.2, -0.15) is 18.2 Å². The van der Waals surface area contributed by atoms with Crippen LogP contribution in [0.5, 0.6) is 5.75 Å². The molecule has 0 radical (unpaired) electrons. The fourth-order valence-electron chi connectivity index (χ4n) is 3.50. The van der Waals surface area contributed by atoms with Crippen molar-refractivity contribution in [3.8, 4) is 28.7 Å². The number of alkyl halides is 3. The number of rotatable bonds is 3. The Hall–Kier alpha value is -3.66. The van der Waals surface area contributed by atoms with Crippen LogP contribution in [0.15, 0.2) is 63.6 Å². The molecule has 2 aromatic heterocycles. The van der Waals surface area contributed by atoms with E-state index in [0.717, 1.165) is 0 Å². The Balaban J connectivity index is 1.52. The number of benzene rings is 2. The van der Waals surface area contributed by atoms with E-state index in [2.05, 4.69) is 15.3 Å². The highest BCUT2D eigenvalue weighted by atomic mass is 19.4. The van der Waals surface area contributed by atoms with Crippen LogP contribution in [-0.2, 0) is 6.18 Å². The van der Waals surface area contributed by atoms with Gasteiger partial charge in [0, 0.05) is 17.5 Å². The maximum atomic E-state index is 13.8. The minimum absolute atomic E-state index is 0.00524. The van der Waals surface area contributed by atoms with Crippen LogP contribution in [0.3, 0.4) is 0 Å². The van der Waals surface area contributed by atoms with Crippen LogP contribution in [0, 0.1) is 0 Å². The highest BCUT2D eigenvalue weighted by molar-refractivity contribution is 5.70. The van der Waals surface area contributed by atoms with Gasteiger partial charge in [-0.1, -0.05) is 58.8 Å². The minimum atomic E-state index is -4.77. The Morgan fingerprint density at radius 1 is 0.935 bits per heavy atom. The van der Waals surface area contributed by atoms with Crippen molar-refractivity contribution < 1.29 is 32.1 Å². The molecule has 4 aromatic rings. The Morgan fingerprint density at radius 2 is 1.68 bits per heavy atom. The Labute approximate surface area is 173 Å². The standard InChI is InChI=1S/C21H14F3N3O4/c22-21(23,24)16-17(11-6-2-1-3-7-11)26-30-18(16)20-25-19(27-31-20)15-10-13(28)12-8-4-5-9-14(12)29-15/h1-9,13,15,28H,10H2. The molecule has 0 fully saturated rings. The fourth-order valence-corrected chi connectivity index (χ4v) is 3.50. The summed E-state index contributed by atoms with van der Waals surface area (Å²) >= 11 is 0. The van der Waals surface area contributed by atoms with Gasteiger partial charge in [-0.25, -0.2) is 0 Å². The van der Waals surface area contributed by atoms with E-state index in [-0.39, 0.29) is 23.5 Å². The molecule has 31 heavy (non-hydrogen) atoms. The van der Waals surface area contributed by atoms with Crippen molar-refractivity contribution in [1.29, 1.82) is 0 Å². The first kappa shape index (κ1) is 19.3. The molecule has 5 rings (SSSR count). The minimum Gasteiger partial charge on any atom is -0.482 e. The highest BCUT2D eigenvalue weighted by Crippen LogP contribution is 2.44. The van der Waals surface area contributed by atoms with Gasteiger partial charge in [0.2, 0.25) is 11.6 Å². The summed E-state index contributed by atoms with van der Waals surface area (Å²) in [5.41, 5.74) is -0.630. The molecule has 2 unspecified atom stereocenters. The molecule has 2 aromatic carbocycles. The molecule has 1 aliphatic rings. The van der Waals surface area contributed by atoms with Gasteiger partial charge in [0.1, 0.15) is 17.0 Å². The highest BCUT2D eigenvalue weighted by Gasteiger charge is 2.43. The average molecular weight is 429 g/mol. The van der Waals surface area contributed by atoms with Gasteiger partial charge in [-0.3, -0.25) is 0 Å². The molecule has 0 saturated carbocycles. The Morgan fingerprint density at radius 3 is 2.45 bits per heavy atom. The zero-order chi connectivity index (χ0) is 21.6. The molecular formula is C21H14F3N3O4. The molecule has 1 N–H and O–H groups in total. The van der Waals surface area contributed by atoms with Gasteiger partial charge in [0.05, 0.1) is 6.10 Å². The van der Waals surface area contributed by atoms with Crippen molar-refractivity contribution in [2.24, 2.45) is 0 Å². The lowest BCUT2D eigenvalue weighted by molar-refractivity contribution is -0.136. The number of aliphatic hydroxyl groups is 1. The summed E-state index contributed by atoms with van der Waals surface area (Å²) in [6.07, 6.45) is -6.29. The molecule has 0 aliphatic carbocycles. The van der Waals surface area contributed by atoms with Crippen LogP contribution < -0.4 is 4.74 Å². The fraction of sp³-hybridized carbons (Fsp3) is 0.190. The lowest BCUT2D eigenvalue weighted by Crippen LogP contribution is -2.19. The zero-order valence-corrected chi connectivity index (χ0v) is 15.7. The van der Waals surface area contributed by atoms with E-state index in [1.807, 2.05) is 0 Å². The third kappa shape index (κ3) is 3.44. The second kappa shape index (κ2) is 7.24.